The third-order valence-corrected chi connectivity index (χ3v) is 7.91. The number of hydrogen-bond donors (Lipinski definition) is 1. The molecule has 2 atom stereocenters. The minimum atomic E-state index is -0.601. The fourth-order valence-corrected chi connectivity index (χ4v) is 5.95. The lowest BCUT2D eigenvalue weighted by molar-refractivity contribution is -0.121. The van der Waals surface area contributed by atoms with Gasteiger partial charge in [-0.05, 0) is 29.1 Å². The number of anilines is 1. The number of amides is 2. The van der Waals surface area contributed by atoms with Gasteiger partial charge in [-0.15, -0.1) is 11.3 Å². The van der Waals surface area contributed by atoms with E-state index in [2.05, 4.69) is 22.4 Å². The monoisotopic (exact) mass is 504 g/mol. The molecule has 35 heavy (non-hydrogen) atoms. The van der Waals surface area contributed by atoms with Gasteiger partial charge >= 0.3 is 0 Å². The van der Waals surface area contributed by atoms with E-state index in [4.69, 9.17) is 14.6 Å². The summed E-state index contributed by atoms with van der Waals surface area (Å²) >= 11 is 2.93. The van der Waals surface area contributed by atoms with E-state index >= 15 is 0 Å². The van der Waals surface area contributed by atoms with Gasteiger partial charge in [-0.1, -0.05) is 48.2 Å². The van der Waals surface area contributed by atoms with E-state index in [-0.39, 0.29) is 31.1 Å². The van der Waals surface area contributed by atoms with Crippen molar-refractivity contribution in [1.82, 2.24) is 5.01 Å². The number of nitrogens with zero attached hydrogens (tertiary/aromatic N) is 3. The minimum Gasteiger partial charge on any atom is -0.454 e. The van der Waals surface area contributed by atoms with Crippen LogP contribution in [-0.2, 0) is 9.59 Å². The lowest BCUT2D eigenvalue weighted by Gasteiger charge is -2.23. The van der Waals surface area contributed by atoms with Crippen LogP contribution in [0.25, 0.3) is 0 Å². The highest BCUT2D eigenvalue weighted by molar-refractivity contribution is 8.15. The van der Waals surface area contributed by atoms with Gasteiger partial charge in [0, 0.05) is 24.6 Å². The molecule has 0 spiro atoms. The molecule has 0 unspecified atom stereocenters. The number of thiophene rings is 1. The van der Waals surface area contributed by atoms with Crippen molar-refractivity contribution in [2.75, 3.05) is 12.1 Å². The van der Waals surface area contributed by atoms with Crippen LogP contribution >= 0.6 is 23.1 Å². The van der Waals surface area contributed by atoms with Gasteiger partial charge in [-0.25, -0.2) is 5.01 Å². The number of aliphatic imine (C=N–C) groups is 1. The highest BCUT2D eigenvalue weighted by Gasteiger charge is 2.39. The number of benzene rings is 2. The summed E-state index contributed by atoms with van der Waals surface area (Å²) in [6.07, 6.45) is 0.726. The van der Waals surface area contributed by atoms with Gasteiger partial charge in [0.15, 0.2) is 16.7 Å². The summed E-state index contributed by atoms with van der Waals surface area (Å²) < 4.78 is 10.7. The van der Waals surface area contributed by atoms with Crippen molar-refractivity contribution in [3.8, 4) is 11.5 Å². The zero-order valence-corrected chi connectivity index (χ0v) is 20.1. The smallest absolute Gasteiger partial charge is 0.262 e. The summed E-state index contributed by atoms with van der Waals surface area (Å²) in [6.45, 7) is 0.164. The molecule has 176 valence electrons. The Kier molecular flexibility index (Phi) is 5.75. The number of hydrazone groups is 1. The van der Waals surface area contributed by atoms with Gasteiger partial charge in [0.1, 0.15) is 5.25 Å². The normalized spacial score (nSPS) is 20.7. The summed E-state index contributed by atoms with van der Waals surface area (Å²) in [5.74, 6) is 0.635. The van der Waals surface area contributed by atoms with Gasteiger partial charge in [-0.2, -0.15) is 10.1 Å². The average Bonchev–Trinajstić information content (AvgIpc) is 3.66. The van der Waals surface area contributed by atoms with Gasteiger partial charge in [0.05, 0.1) is 16.6 Å². The molecule has 4 heterocycles. The number of nitrogens with one attached hydrogen (secondary N) is 1. The number of hydrogen-bond acceptors (Lipinski definition) is 8. The van der Waals surface area contributed by atoms with Gasteiger partial charge in [0.25, 0.3) is 5.91 Å². The fourth-order valence-electron chi connectivity index (χ4n) is 4.17. The van der Waals surface area contributed by atoms with Crippen molar-refractivity contribution in [2.24, 2.45) is 10.1 Å². The molecule has 3 aliphatic heterocycles. The molecule has 0 saturated carbocycles. The first-order valence-electron chi connectivity index (χ1n) is 11.1. The number of carbonyl (C=O) groups is 2. The molecule has 1 N–H and O–H groups in total. The van der Waals surface area contributed by atoms with E-state index in [1.807, 2.05) is 40.7 Å². The van der Waals surface area contributed by atoms with Gasteiger partial charge in [-0.3, -0.25) is 9.59 Å². The molecule has 0 aliphatic carbocycles. The first-order valence-corrected chi connectivity index (χ1v) is 12.8. The predicted molar refractivity (Wildman–Crippen MR) is 136 cm³/mol. The lowest BCUT2D eigenvalue weighted by atomic mass is 10.0. The Morgan fingerprint density at radius 2 is 1.94 bits per heavy atom. The van der Waals surface area contributed by atoms with E-state index < -0.39 is 5.25 Å². The van der Waals surface area contributed by atoms with Crippen molar-refractivity contribution >= 4 is 51.5 Å². The predicted octanol–water partition coefficient (Wildman–Crippen LogP) is 4.65. The van der Waals surface area contributed by atoms with Crippen molar-refractivity contribution in [3.05, 3.63) is 76.5 Å². The molecule has 2 amide bonds. The molecular formula is C25H20N4O4S2. The zero-order chi connectivity index (χ0) is 23.8. The zero-order valence-electron chi connectivity index (χ0n) is 18.4. The van der Waals surface area contributed by atoms with Crippen LogP contribution in [-0.4, -0.2) is 39.7 Å². The summed E-state index contributed by atoms with van der Waals surface area (Å²) in [5.41, 5.74) is 2.65. The van der Waals surface area contributed by atoms with Gasteiger partial charge < -0.3 is 14.8 Å². The molecule has 0 fully saturated rings. The van der Waals surface area contributed by atoms with Crippen LogP contribution in [0.15, 0.2) is 76.1 Å². The SMILES string of the molecule is O=C(C[C@H]1SC(N2N=C(c3cccs3)C[C@@H]2c2ccccc2)=NC1=O)Nc1ccc2c(c1)OCO2. The number of amidine groups is 1. The molecule has 10 heteroatoms. The van der Waals surface area contributed by atoms with Crippen molar-refractivity contribution in [3.63, 3.8) is 0 Å². The third kappa shape index (κ3) is 4.42. The van der Waals surface area contributed by atoms with E-state index in [0.717, 1.165) is 16.2 Å². The first-order chi connectivity index (χ1) is 17.1. The maximum absolute atomic E-state index is 12.7. The number of thioether (sulfide) groups is 1. The van der Waals surface area contributed by atoms with Crippen molar-refractivity contribution in [1.29, 1.82) is 0 Å². The molecule has 0 saturated heterocycles. The molecule has 3 aromatic rings. The van der Waals surface area contributed by atoms with Crippen LogP contribution in [0.3, 0.4) is 0 Å². The third-order valence-electron chi connectivity index (χ3n) is 5.85. The second-order valence-electron chi connectivity index (χ2n) is 8.16. The lowest BCUT2D eigenvalue weighted by Crippen LogP contribution is -2.25. The standard InChI is InChI=1S/C25H20N4O4S2/c30-23(26-16-8-9-19-20(11-16)33-14-32-19)13-22-24(31)27-25(35-22)29-18(15-5-2-1-3-6-15)12-17(28-29)21-7-4-10-34-21/h1-11,18,22H,12-14H2,(H,26,30)/t18-,22-/m1/s1. The van der Waals surface area contributed by atoms with Crippen LogP contribution in [0.2, 0.25) is 0 Å². The van der Waals surface area contributed by atoms with Crippen LogP contribution in [0.5, 0.6) is 11.5 Å². The van der Waals surface area contributed by atoms with Gasteiger partial charge in [0.2, 0.25) is 12.7 Å². The molecule has 3 aliphatic rings. The Labute approximate surface area is 209 Å². The highest BCUT2D eigenvalue weighted by Crippen LogP contribution is 2.39. The Morgan fingerprint density at radius 1 is 1.09 bits per heavy atom. The number of ether oxygens (including phenoxy) is 2. The Bertz CT molecular complexity index is 1340. The van der Waals surface area contributed by atoms with Crippen LogP contribution in [0, 0.1) is 0 Å². The second-order valence-corrected chi connectivity index (χ2v) is 10.3. The molecule has 8 nitrogen and oxygen atoms in total. The number of rotatable bonds is 5. The van der Waals surface area contributed by atoms with E-state index in [1.54, 1.807) is 29.5 Å². The molecule has 0 radical (unpaired) electrons. The summed E-state index contributed by atoms with van der Waals surface area (Å²) in [6, 6.07) is 19.3. The second kappa shape index (κ2) is 9.20. The van der Waals surface area contributed by atoms with Crippen LogP contribution in [0.1, 0.15) is 29.3 Å². The Balaban J connectivity index is 1.17. The first kappa shape index (κ1) is 21.9. The summed E-state index contributed by atoms with van der Waals surface area (Å²) in [5, 5.41) is 11.5. The van der Waals surface area contributed by atoms with E-state index in [9.17, 15) is 9.59 Å². The fraction of sp³-hybridized carbons (Fsp3) is 0.200. The molecule has 1 aromatic heterocycles. The average molecular weight is 505 g/mol. The number of fused-ring (bicyclic) bond motifs is 1. The van der Waals surface area contributed by atoms with Crippen molar-refractivity contribution in [2.45, 2.75) is 24.1 Å². The largest absolute Gasteiger partial charge is 0.454 e. The quantitative estimate of drug-likeness (QED) is 0.544. The maximum atomic E-state index is 12.7. The topological polar surface area (TPSA) is 92.6 Å². The summed E-state index contributed by atoms with van der Waals surface area (Å²) in [7, 11) is 0. The minimum absolute atomic E-state index is 0.0102. The molecule has 0 bridgehead atoms. The van der Waals surface area contributed by atoms with Crippen molar-refractivity contribution < 1.29 is 19.1 Å². The Morgan fingerprint density at radius 3 is 2.77 bits per heavy atom. The number of carbonyl (C=O) groups excluding carboxylic acids is 2. The maximum Gasteiger partial charge on any atom is 0.262 e. The van der Waals surface area contributed by atoms with Crippen LogP contribution in [0.4, 0.5) is 5.69 Å². The van der Waals surface area contributed by atoms with E-state index in [1.165, 1.54) is 11.8 Å². The molecule has 6 rings (SSSR count). The highest BCUT2D eigenvalue weighted by atomic mass is 32.2. The molecule has 2 aromatic carbocycles. The van der Waals surface area contributed by atoms with Crippen LogP contribution < -0.4 is 14.8 Å². The summed E-state index contributed by atoms with van der Waals surface area (Å²) in [4.78, 5) is 30.8. The molecular weight excluding hydrogens is 484 g/mol. The Hall–Kier alpha value is -3.63. The van der Waals surface area contributed by atoms with E-state index in [0.29, 0.717) is 28.8 Å².